The summed E-state index contributed by atoms with van der Waals surface area (Å²) in [6.45, 7) is 6.55. The minimum Gasteiger partial charge on any atom is -0.316 e. The molecule has 0 aliphatic rings. The second-order valence-electron chi connectivity index (χ2n) is 5.59. The first kappa shape index (κ1) is 16.3. The van der Waals surface area contributed by atoms with Crippen LogP contribution in [0, 0.1) is 6.92 Å². The fourth-order valence-electron chi connectivity index (χ4n) is 2.70. The lowest BCUT2D eigenvalue weighted by molar-refractivity contribution is 0.575. The first-order valence-electron chi connectivity index (χ1n) is 7.71. The van der Waals surface area contributed by atoms with Crippen molar-refractivity contribution in [2.24, 2.45) is 0 Å². The number of nitrogens with one attached hydrogen (secondary N) is 1. The molecule has 2 rings (SSSR count). The number of hydrogen-bond donors (Lipinski definition) is 1. The summed E-state index contributed by atoms with van der Waals surface area (Å²) in [5.74, 6) is 0.527. The van der Waals surface area contributed by atoms with Gasteiger partial charge in [-0.05, 0) is 55.1 Å². The van der Waals surface area contributed by atoms with Gasteiger partial charge in [-0.1, -0.05) is 59.3 Å². The molecule has 0 aliphatic heterocycles. The third-order valence-electron chi connectivity index (χ3n) is 3.84. The molecule has 0 bridgehead atoms. The maximum atomic E-state index is 3.58. The molecule has 0 saturated heterocycles. The summed E-state index contributed by atoms with van der Waals surface area (Å²) in [5.41, 5.74) is 4.24. The summed E-state index contributed by atoms with van der Waals surface area (Å²) in [5, 5.41) is 3.58. The van der Waals surface area contributed by atoms with Gasteiger partial charge in [-0.3, -0.25) is 0 Å². The van der Waals surface area contributed by atoms with Gasteiger partial charge in [0.1, 0.15) is 0 Å². The first-order valence-corrected chi connectivity index (χ1v) is 8.50. The molecule has 0 aliphatic carbocycles. The number of hydrogen-bond acceptors (Lipinski definition) is 1. The van der Waals surface area contributed by atoms with Gasteiger partial charge in [0.25, 0.3) is 0 Å². The average Bonchev–Trinajstić information content (AvgIpc) is 2.49. The van der Waals surface area contributed by atoms with E-state index in [1.165, 1.54) is 23.1 Å². The van der Waals surface area contributed by atoms with Crippen LogP contribution in [0.2, 0.25) is 0 Å². The van der Waals surface area contributed by atoms with Crippen molar-refractivity contribution in [1.29, 1.82) is 0 Å². The second-order valence-corrected chi connectivity index (χ2v) is 6.50. The third-order valence-corrected chi connectivity index (χ3v) is 4.37. The standard InChI is InChI=1S/C19H24BrN/c1-3-12-21-14-17(19-7-5-4-6-15(19)2)13-16-8-10-18(20)11-9-16/h4-11,17,21H,3,12-14H2,1-2H3. The molecule has 112 valence electrons. The minimum atomic E-state index is 0.527. The van der Waals surface area contributed by atoms with Crippen LogP contribution in [-0.2, 0) is 6.42 Å². The molecule has 0 spiro atoms. The van der Waals surface area contributed by atoms with E-state index in [0.717, 1.165) is 24.0 Å². The monoisotopic (exact) mass is 345 g/mol. The van der Waals surface area contributed by atoms with Crippen LogP contribution in [0.5, 0.6) is 0 Å². The molecule has 0 aromatic heterocycles. The topological polar surface area (TPSA) is 12.0 Å². The van der Waals surface area contributed by atoms with Gasteiger partial charge in [-0.15, -0.1) is 0 Å². The Balaban J connectivity index is 2.15. The fraction of sp³-hybridized carbons (Fsp3) is 0.368. The van der Waals surface area contributed by atoms with Gasteiger partial charge in [-0.2, -0.15) is 0 Å². The largest absolute Gasteiger partial charge is 0.316 e. The predicted octanol–water partition coefficient (Wildman–Crippen LogP) is 5.08. The van der Waals surface area contributed by atoms with E-state index in [9.17, 15) is 0 Å². The Morgan fingerprint density at radius 3 is 2.43 bits per heavy atom. The molecule has 0 fully saturated rings. The second kappa shape index (κ2) is 8.35. The average molecular weight is 346 g/mol. The van der Waals surface area contributed by atoms with E-state index in [-0.39, 0.29) is 0 Å². The van der Waals surface area contributed by atoms with Gasteiger partial charge in [0.15, 0.2) is 0 Å². The van der Waals surface area contributed by atoms with Gasteiger partial charge >= 0.3 is 0 Å². The van der Waals surface area contributed by atoms with Gasteiger partial charge in [0, 0.05) is 16.9 Å². The highest BCUT2D eigenvalue weighted by molar-refractivity contribution is 9.10. The third kappa shape index (κ3) is 4.98. The first-order chi connectivity index (χ1) is 10.2. The van der Waals surface area contributed by atoms with E-state index in [1.54, 1.807) is 0 Å². The summed E-state index contributed by atoms with van der Waals surface area (Å²) in [6, 6.07) is 17.4. The van der Waals surface area contributed by atoms with Crippen LogP contribution in [0.25, 0.3) is 0 Å². The smallest absolute Gasteiger partial charge is 0.0175 e. The van der Waals surface area contributed by atoms with Crippen LogP contribution in [0.3, 0.4) is 0 Å². The molecule has 2 aromatic carbocycles. The molecule has 21 heavy (non-hydrogen) atoms. The predicted molar refractivity (Wildman–Crippen MR) is 94.9 cm³/mol. The molecule has 0 heterocycles. The lowest BCUT2D eigenvalue weighted by Crippen LogP contribution is -2.24. The summed E-state index contributed by atoms with van der Waals surface area (Å²) in [4.78, 5) is 0. The Morgan fingerprint density at radius 2 is 1.76 bits per heavy atom. The van der Waals surface area contributed by atoms with E-state index >= 15 is 0 Å². The Bertz CT molecular complexity index is 548. The zero-order valence-electron chi connectivity index (χ0n) is 12.9. The lowest BCUT2D eigenvalue weighted by Gasteiger charge is -2.20. The number of rotatable bonds is 7. The lowest BCUT2D eigenvalue weighted by atomic mass is 9.89. The van der Waals surface area contributed by atoms with Crippen LogP contribution in [-0.4, -0.2) is 13.1 Å². The number of aryl methyl sites for hydroxylation is 1. The van der Waals surface area contributed by atoms with Crippen molar-refractivity contribution in [3.8, 4) is 0 Å². The molecule has 2 heteroatoms. The maximum absolute atomic E-state index is 3.58. The highest BCUT2D eigenvalue weighted by Crippen LogP contribution is 2.24. The summed E-state index contributed by atoms with van der Waals surface area (Å²) < 4.78 is 1.14. The quantitative estimate of drug-likeness (QED) is 0.689. The van der Waals surface area contributed by atoms with E-state index in [4.69, 9.17) is 0 Å². The van der Waals surface area contributed by atoms with Crippen LogP contribution in [0.1, 0.15) is 36.0 Å². The zero-order chi connectivity index (χ0) is 15.1. The van der Waals surface area contributed by atoms with Crippen LogP contribution in [0.15, 0.2) is 53.0 Å². The van der Waals surface area contributed by atoms with Crippen molar-refractivity contribution in [3.63, 3.8) is 0 Å². The Labute approximate surface area is 136 Å². The molecule has 0 radical (unpaired) electrons. The van der Waals surface area contributed by atoms with Crippen molar-refractivity contribution in [3.05, 3.63) is 69.7 Å². The Hall–Kier alpha value is -1.12. The SMILES string of the molecule is CCCNCC(Cc1ccc(Br)cc1)c1ccccc1C. The van der Waals surface area contributed by atoms with E-state index in [1.807, 2.05) is 0 Å². The molecule has 2 aromatic rings. The van der Waals surface area contributed by atoms with Crippen molar-refractivity contribution in [2.75, 3.05) is 13.1 Å². The highest BCUT2D eigenvalue weighted by Gasteiger charge is 2.14. The number of halogens is 1. The van der Waals surface area contributed by atoms with Gasteiger partial charge in [0.2, 0.25) is 0 Å². The van der Waals surface area contributed by atoms with Crippen LogP contribution < -0.4 is 5.32 Å². The van der Waals surface area contributed by atoms with Crippen molar-refractivity contribution < 1.29 is 0 Å². The zero-order valence-corrected chi connectivity index (χ0v) is 14.5. The molecule has 0 amide bonds. The molecule has 1 atom stereocenters. The van der Waals surface area contributed by atoms with Gasteiger partial charge < -0.3 is 5.32 Å². The molecular formula is C19H24BrN. The Kier molecular flexibility index (Phi) is 6.47. The summed E-state index contributed by atoms with van der Waals surface area (Å²) >= 11 is 3.51. The Morgan fingerprint density at radius 1 is 1.05 bits per heavy atom. The van der Waals surface area contributed by atoms with Crippen LogP contribution in [0.4, 0.5) is 0 Å². The minimum absolute atomic E-state index is 0.527. The van der Waals surface area contributed by atoms with Gasteiger partial charge in [0.05, 0.1) is 0 Å². The molecule has 1 nitrogen and oxygen atoms in total. The van der Waals surface area contributed by atoms with Crippen molar-refractivity contribution in [1.82, 2.24) is 5.32 Å². The maximum Gasteiger partial charge on any atom is 0.0175 e. The fourth-order valence-corrected chi connectivity index (χ4v) is 2.96. The normalized spacial score (nSPS) is 12.3. The van der Waals surface area contributed by atoms with E-state index < -0.39 is 0 Å². The van der Waals surface area contributed by atoms with E-state index in [0.29, 0.717) is 5.92 Å². The van der Waals surface area contributed by atoms with Gasteiger partial charge in [-0.25, -0.2) is 0 Å². The van der Waals surface area contributed by atoms with Crippen molar-refractivity contribution in [2.45, 2.75) is 32.6 Å². The van der Waals surface area contributed by atoms with Crippen molar-refractivity contribution >= 4 is 15.9 Å². The molecular weight excluding hydrogens is 322 g/mol. The number of benzene rings is 2. The van der Waals surface area contributed by atoms with E-state index in [2.05, 4.69) is 83.6 Å². The van der Waals surface area contributed by atoms with Crippen LogP contribution >= 0.6 is 15.9 Å². The highest BCUT2D eigenvalue weighted by atomic mass is 79.9. The summed E-state index contributed by atoms with van der Waals surface area (Å²) in [6.07, 6.45) is 2.26. The molecule has 1 N–H and O–H groups in total. The molecule has 1 unspecified atom stereocenters. The molecule has 0 saturated carbocycles. The summed E-state index contributed by atoms with van der Waals surface area (Å²) in [7, 11) is 0.